The molecular formula is C21H20S3. The summed E-state index contributed by atoms with van der Waals surface area (Å²) in [5.41, 5.74) is 1.34. The summed E-state index contributed by atoms with van der Waals surface area (Å²) in [6.45, 7) is 2.32. The molecule has 0 amide bonds. The second-order valence-electron chi connectivity index (χ2n) is 5.50. The normalized spacial score (nSPS) is 11.4. The van der Waals surface area contributed by atoms with E-state index in [-0.39, 0.29) is 4.08 Å². The van der Waals surface area contributed by atoms with Crippen LogP contribution in [0, 0.1) is 0 Å². The van der Waals surface area contributed by atoms with Crippen molar-refractivity contribution in [3.8, 4) is 0 Å². The maximum absolute atomic E-state index is 2.32. The van der Waals surface area contributed by atoms with Crippen molar-refractivity contribution in [2.24, 2.45) is 0 Å². The molecule has 3 aromatic carbocycles. The highest BCUT2D eigenvalue weighted by atomic mass is 32.2. The standard InChI is InChI=1S/C21H20S3/c1-21(23-19-9-5-3-6-10-19,24-20-11-7-4-8-12-20)17-13-15-18(22-2)16-14-17/h3-16H,1-2H3. The molecule has 24 heavy (non-hydrogen) atoms. The van der Waals surface area contributed by atoms with Crippen LogP contribution in [0.5, 0.6) is 0 Å². The SMILES string of the molecule is CSc1ccc(C(C)(Sc2ccccc2)Sc2ccccc2)cc1. The van der Waals surface area contributed by atoms with E-state index in [1.54, 1.807) is 11.8 Å². The molecular weight excluding hydrogens is 348 g/mol. The van der Waals surface area contributed by atoms with Crippen molar-refractivity contribution in [2.45, 2.75) is 25.7 Å². The molecule has 0 nitrogen and oxygen atoms in total. The zero-order valence-electron chi connectivity index (χ0n) is 13.8. The molecule has 0 aliphatic carbocycles. The fourth-order valence-electron chi connectivity index (χ4n) is 2.46. The quantitative estimate of drug-likeness (QED) is 0.334. The van der Waals surface area contributed by atoms with Crippen molar-refractivity contribution in [1.29, 1.82) is 0 Å². The zero-order chi connectivity index (χ0) is 16.8. The Hall–Kier alpha value is -1.29. The molecule has 0 bridgehead atoms. The molecule has 3 heteroatoms. The lowest BCUT2D eigenvalue weighted by atomic mass is 10.1. The van der Waals surface area contributed by atoms with E-state index in [0.717, 1.165) is 0 Å². The molecule has 3 rings (SSSR count). The highest BCUT2D eigenvalue weighted by Crippen LogP contribution is 2.52. The van der Waals surface area contributed by atoms with Gasteiger partial charge >= 0.3 is 0 Å². The predicted octanol–water partition coefficient (Wildman–Crippen LogP) is 7.17. The minimum atomic E-state index is -0.0837. The van der Waals surface area contributed by atoms with Crippen LogP contribution in [0.1, 0.15) is 12.5 Å². The number of benzene rings is 3. The summed E-state index contributed by atoms with van der Waals surface area (Å²) in [6, 6.07) is 30.3. The summed E-state index contributed by atoms with van der Waals surface area (Å²) < 4.78 is -0.0837. The number of thioether (sulfide) groups is 3. The Labute approximate surface area is 157 Å². The molecule has 0 aliphatic heterocycles. The zero-order valence-corrected chi connectivity index (χ0v) is 16.3. The monoisotopic (exact) mass is 368 g/mol. The maximum atomic E-state index is 2.32. The van der Waals surface area contributed by atoms with E-state index >= 15 is 0 Å². The molecule has 122 valence electrons. The minimum Gasteiger partial charge on any atom is -0.130 e. The summed E-state index contributed by atoms with van der Waals surface area (Å²) in [4.78, 5) is 3.88. The molecule has 0 saturated carbocycles. The molecule has 3 aromatic rings. The van der Waals surface area contributed by atoms with Gasteiger partial charge in [0.25, 0.3) is 0 Å². The van der Waals surface area contributed by atoms with Crippen LogP contribution < -0.4 is 0 Å². The third-order valence-corrected chi connectivity index (χ3v) is 7.24. The molecule has 0 atom stereocenters. The van der Waals surface area contributed by atoms with Crippen molar-refractivity contribution in [2.75, 3.05) is 6.26 Å². The van der Waals surface area contributed by atoms with E-state index in [1.165, 1.54) is 20.2 Å². The second kappa shape index (κ2) is 8.19. The first-order valence-electron chi connectivity index (χ1n) is 7.82. The fourth-order valence-corrected chi connectivity index (χ4v) is 5.61. The van der Waals surface area contributed by atoms with E-state index in [4.69, 9.17) is 0 Å². The highest BCUT2D eigenvalue weighted by Gasteiger charge is 2.29. The third-order valence-electron chi connectivity index (χ3n) is 3.73. The maximum Gasteiger partial charge on any atom is 0.0924 e. The van der Waals surface area contributed by atoms with Gasteiger partial charge in [0.2, 0.25) is 0 Å². The summed E-state index contributed by atoms with van der Waals surface area (Å²) in [5, 5.41) is 0. The fraction of sp³-hybridized carbons (Fsp3) is 0.143. The van der Waals surface area contributed by atoms with Crippen LogP contribution in [0.3, 0.4) is 0 Å². The molecule has 0 unspecified atom stereocenters. The average Bonchev–Trinajstić information content (AvgIpc) is 2.63. The first-order chi connectivity index (χ1) is 11.7. The van der Waals surface area contributed by atoms with Crippen LogP contribution in [0.15, 0.2) is 99.6 Å². The van der Waals surface area contributed by atoms with Crippen molar-refractivity contribution in [3.63, 3.8) is 0 Å². The third kappa shape index (κ3) is 4.41. The Morgan fingerprint density at radius 2 is 1.04 bits per heavy atom. The van der Waals surface area contributed by atoms with Gasteiger partial charge < -0.3 is 0 Å². The predicted molar refractivity (Wildman–Crippen MR) is 110 cm³/mol. The van der Waals surface area contributed by atoms with Crippen LogP contribution in [-0.2, 0) is 4.08 Å². The van der Waals surface area contributed by atoms with Gasteiger partial charge in [-0.3, -0.25) is 0 Å². The summed E-state index contributed by atoms with van der Waals surface area (Å²) >= 11 is 5.60. The topological polar surface area (TPSA) is 0 Å². The second-order valence-corrected chi connectivity index (χ2v) is 9.63. The van der Waals surface area contributed by atoms with Crippen molar-refractivity contribution >= 4 is 35.3 Å². The largest absolute Gasteiger partial charge is 0.130 e. The van der Waals surface area contributed by atoms with Crippen molar-refractivity contribution in [1.82, 2.24) is 0 Å². The molecule has 0 radical (unpaired) electrons. The first kappa shape index (κ1) is 17.5. The molecule has 0 aliphatic rings. The Bertz CT molecular complexity index is 711. The molecule has 0 aromatic heterocycles. The van der Waals surface area contributed by atoms with Gasteiger partial charge in [-0.05, 0) is 55.1 Å². The van der Waals surface area contributed by atoms with E-state index in [9.17, 15) is 0 Å². The Morgan fingerprint density at radius 3 is 1.46 bits per heavy atom. The Kier molecular flexibility index (Phi) is 5.99. The van der Waals surface area contributed by atoms with Gasteiger partial charge in [0, 0.05) is 14.7 Å². The van der Waals surface area contributed by atoms with Crippen LogP contribution in [-0.4, -0.2) is 6.26 Å². The lowest BCUT2D eigenvalue weighted by Gasteiger charge is -2.29. The molecule has 0 heterocycles. The van der Waals surface area contributed by atoms with Gasteiger partial charge in [-0.25, -0.2) is 0 Å². The summed E-state index contributed by atoms with van der Waals surface area (Å²) in [7, 11) is 0. The molecule has 0 saturated heterocycles. The molecule has 0 spiro atoms. The van der Waals surface area contributed by atoms with Crippen LogP contribution >= 0.6 is 35.3 Å². The van der Waals surface area contributed by atoms with Crippen LogP contribution in [0.2, 0.25) is 0 Å². The van der Waals surface area contributed by atoms with Gasteiger partial charge in [-0.2, -0.15) is 0 Å². The number of rotatable bonds is 6. The molecule has 0 fully saturated rings. The van der Waals surface area contributed by atoms with Crippen LogP contribution in [0.25, 0.3) is 0 Å². The van der Waals surface area contributed by atoms with Gasteiger partial charge in [0.05, 0.1) is 4.08 Å². The minimum absolute atomic E-state index is 0.0837. The van der Waals surface area contributed by atoms with Gasteiger partial charge in [0.1, 0.15) is 0 Å². The van der Waals surface area contributed by atoms with Gasteiger partial charge in [0.15, 0.2) is 0 Å². The summed E-state index contributed by atoms with van der Waals surface area (Å²) in [6.07, 6.45) is 2.12. The van der Waals surface area contributed by atoms with E-state index in [2.05, 4.69) is 98.1 Å². The lowest BCUT2D eigenvalue weighted by molar-refractivity contribution is 1.00. The highest BCUT2D eigenvalue weighted by molar-refractivity contribution is 8.17. The first-order valence-corrected chi connectivity index (χ1v) is 10.7. The van der Waals surface area contributed by atoms with Crippen molar-refractivity contribution < 1.29 is 0 Å². The molecule has 0 N–H and O–H groups in total. The Morgan fingerprint density at radius 1 is 0.583 bits per heavy atom. The smallest absolute Gasteiger partial charge is 0.0924 e. The summed E-state index contributed by atoms with van der Waals surface area (Å²) in [5.74, 6) is 0. The van der Waals surface area contributed by atoms with Crippen molar-refractivity contribution in [3.05, 3.63) is 90.5 Å². The van der Waals surface area contributed by atoms with E-state index in [0.29, 0.717) is 0 Å². The van der Waals surface area contributed by atoms with Gasteiger partial charge in [-0.15, -0.1) is 35.3 Å². The number of hydrogen-bond acceptors (Lipinski definition) is 3. The van der Waals surface area contributed by atoms with E-state index in [1.807, 2.05) is 23.5 Å². The average molecular weight is 369 g/mol. The van der Waals surface area contributed by atoms with Gasteiger partial charge in [-0.1, -0.05) is 48.5 Å². The van der Waals surface area contributed by atoms with E-state index < -0.39 is 0 Å². The van der Waals surface area contributed by atoms with Crippen LogP contribution in [0.4, 0.5) is 0 Å². The number of hydrogen-bond donors (Lipinski definition) is 0. The Balaban J connectivity index is 1.95. The lowest BCUT2D eigenvalue weighted by Crippen LogP contribution is -2.12.